The average Bonchev–Trinajstić information content (AvgIpc) is 2.54. The van der Waals surface area contributed by atoms with Crippen molar-refractivity contribution in [3.05, 3.63) is 29.3 Å². The molecule has 0 atom stereocenters. The van der Waals surface area contributed by atoms with Crippen LogP contribution in [0.1, 0.15) is 51.2 Å². The summed E-state index contributed by atoms with van der Waals surface area (Å²) in [5.41, 5.74) is 4.10. The molecule has 1 fully saturated rings. The monoisotopic (exact) mass is 331 g/mol. The summed E-state index contributed by atoms with van der Waals surface area (Å²) in [6.45, 7) is 15.2. The van der Waals surface area contributed by atoms with Crippen molar-refractivity contribution in [2.24, 2.45) is 5.92 Å². The van der Waals surface area contributed by atoms with Gasteiger partial charge in [-0.1, -0.05) is 45.9 Å². The normalized spacial score (nSPS) is 15.3. The lowest BCUT2D eigenvalue weighted by molar-refractivity contribution is 0.194. The second-order valence-electron chi connectivity index (χ2n) is 7.56. The smallest absolute Gasteiger partial charge is 0.317 e. The SMILES string of the molecule is Cc1cccc(C(C)C)c1N1CCN(C(=O)NCCC(C)C)CC1. The van der Waals surface area contributed by atoms with Crippen molar-refractivity contribution in [3.8, 4) is 0 Å². The summed E-state index contributed by atoms with van der Waals surface area (Å²) in [5.74, 6) is 1.13. The Morgan fingerprint density at radius 3 is 2.38 bits per heavy atom. The second kappa shape index (κ2) is 8.41. The number of benzene rings is 1. The highest BCUT2D eigenvalue weighted by Crippen LogP contribution is 2.31. The first kappa shape index (κ1) is 18.6. The van der Waals surface area contributed by atoms with Gasteiger partial charge >= 0.3 is 6.03 Å². The fourth-order valence-electron chi connectivity index (χ4n) is 3.29. The minimum atomic E-state index is 0.0872. The van der Waals surface area contributed by atoms with Crippen LogP contribution < -0.4 is 10.2 Å². The van der Waals surface area contributed by atoms with Gasteiger partial charge < -0.3 is 15.1 Å². The molecule has 0 radical (unpaired) electrons. The molecule has 0 spiro atoms. The Bertz CT molecular complexity index is 546. The Hall–Kier alpha value is -1.71. The molecule has 1 heterocycles. The van der Waals surface area contributed by atoms with E-state index in [0.717, 1.165) is 39.1 Å². The van der Waals surface area contributed by atoms with E-state index in [-0.39, 0.29) is 6.03 Å². The first-order chi connectivity index (χ1) is 11.4. The molecule has 1 aliphatic rings. The van der Waals surface area contributed by atoms with Gasteiger partial charge in [-0.25, -0.2) is 4.79 Å². The van der Waals surface area contributed by atoms with Gasteiger partial charge in [-0.05, 0) is 36.3 Å². The lowest BCUT2D eigenvalue weighted by atomic mass is 9.97. The predicted octanol–water partition coefficient (Wildman–Crippen LogP) is 4.00. The number of aryl methyl sites for hydroxylation is 1. The molecule has 1 aromatic carbocycles. The largest absolute Gasteiger partial charge is 0.368 e. The molecule has 1 aliphatic heterocycles. The molecule has 0 unspecified atom stereocenters. The van der Waals surface area contributed by atoms with Crippen LogP contribution in [0.5, 0.6) is 0 Å². The molecule has 1 N–H and O–H groups in total. The zero-order valence-corrected chi connectivity index (χ0v) is 15.9. The van der Waals surface area contributed by atoms with Gasteiger partial charge in [0.15, 0.2) is 0 Å². The first-order valence-corrected chi connectivity index (χ1v) is 9.27. The molecular formula is C20H33N3O. The highest BCUT2D eigenvalue weighted by atomic mass is 16.2. The van der Waals surface area contributed by atoms with Gasteiger partial charge in [-0.2, -0.15) is 0 Å². The van der Waals surface area contributed by atoms with E-state index in [9.17, 15) is 4.79 Å². The summed E-state index contributed by atoms with van der Waals surface area (Å²) in [4.78, 5) is 16.7. The number of anilines is 1. The molecule has 1 saturated heterocycles. The summed E-state index contributed by atoms with van der Waals surface area (Å²) in [5, 5.41) is 3.05. The molecule has 134 valence electrons. The van der Waals surface area contributed by atoms with Gasteiger partial charge in [0, 0.05) is 38.4 Å². The number of carbonyl (C=O) groups is 1. The number of urea groups is 1. The van der Waals surface area contributed by atoms with E-state index in [4.69, 9.17) is 0 Å². The minimum absolute atomic E-state index is 0.0872. The van der Waals surface area contributed by atoms with Crippen LogP contribution in [0.4, 0.5) is 10.5 Å². The molecule has 0 saturated carbocycles. The van der Waals surface area contributed by atoms with Crippen molar-refractivity contribution in [1.82, 2.24) is 10.2 Å². The maximum absolute atomic E-state index is 12.3. The average molecular weight is 332 g/mol. The Balaban J connectivity index is 1.95. The number of hydrogen-bond donors (Lipinski definition) is 1. The number of para-hydroxylation sites is 1. The molecule has 0 aliphatic carbocycles. The standard InChI is InChI=1S/C20H33N3O/c1-15(2)9-10-21-20(24)23-13-11-22(12-14-23)19-17(5)7-6-8-18(19)16(3)4/h6-8,15-16H,9-14H2,1-5H3,(H,21,24). The summed E-state index contributed by atoms with van der Waals surface area (Å²) in [7, 11) is 0. The summed E-state index contributed by atoms with van der Waals surface area (Å²) < 4.78 is 0. The van der Waals surface area contributed by atoms with Gasteiger partial charge in [-0.3, -0.25) is 0 Å². The third-order valence-electron chi connectivity index (χ3n) is 4.77. The fraction of sp³-hybridized carbons (Fsp3) is 0.650. The van der Waals surface area contributed by atoms with E-state index in [1.165, 1.54) is 16.8 Å². The van der Waals surface area contributed by atoms with Gasteiger partial charge in [0.1, 0.15) is 0 Å². The van der Waals surface area contributed by atoms with Crippen LogP contribution in [0.2, 0.25) is 0 Å². The summed E-state index contributed by atoms with van der Waals surface area (Å²) in [6.07, 6.45) is 1.03. The Kier molecular flexibility index (Phi) is 6.52. The van der Waals surface area contributed by atoms with E-state index in [1.54, 1.807) is 0 Å². The van der Waals surface area contributed by atoms with E-state index in [1.807, 2.05) is 4.90 Å². The van der Waals surface area contributed by atoms with Gasteiger partial charge in [0.25, 0.3) is 0 Å². The van der Waals surface area contributed by atoms with Crippen molar-refractivity contribution >= 4 is 11.7 Å². The van der Waals surface area contributed by atoms with Crippen LogP contribution in [-0.2, 0) is 0 Å². The highest BCUT2D eigenvalue weighted by molar-refractivity contribution is 5.74. The molecule has 4 nitrogen and oxygen atoms in total. The van der Waals surface area contributed by atoms with Crippen LogP contribution in [0.3, 0.4) is 0 Å². The van der Waals surface area contributed by atoms with Crippen LogP contribution in [0.15, 0.2) is 18.2 Å². The van der Waals surface area contributed by atoms with Gasteiger partial charge in [-0.15, -0.1) is 0 Å². The number of hydrogen-bond acceptors (Lipinski definition) is 2. The van der Waals surface area contributed by atoms with Crippen LogP contribution >= 0.6 is 0 Å². The maximum Gasteiger partial charge on any atom is 0.317 e. The second-order valence-corrected chi connectivity index (χ2v) is 7.56. The van der Waals surface area contributed by atoms with Crippen LogP contribution in [0.25, 0.3) is 0 Å². The van der Waals surface area contributed by atoms with Crippen LogP contribution in [-0.4, -0.2) is 43.7 Å². The molecule has 1 aromatic rings. The molecule has 0 aromatic heterocycles. The van der Waals surface area contributed by atoms with Crippen molar-refractivity contribution in [2.45, 2.75) is 47.0 Å². The molecule has 0 bridgehead atoms. The highest BCUT2D eigenvalue weighted by Gasteiger charge is 2.23. The molecule has 2 rings (SSSR count). The van der Waals surface area contributed by atoms with Crippen LogP contribution in [0, 0.1) is 12.8 Å². The third-order valence-corrected chi connectivity index (χ3v) is 4.77. The van der Waals surface area contributed by atoms with Crippen molar-refractivity contribution in [1.29, 1.82) is 0 Å². The predicted molar refractivity (Wildman–Crippen MR) is 102 cm³/mol. The number of piperazine rings is 1. The fourth-order valence-corrected chi connectivity index (χ4v) is 3.29. The van der Waals surface area contributed by atoms with E-state index >= 15 is 0 Å². The van der Waals surface area contributed by atoms with E-state index < -0.39 is 0 Å². The molecular weight excluding hydrogens is 298 g/mol. The zero-order chi connectivity index (χ0) is 17.7. The number of amides is 2. The van der Waals surface area contributed by atoms with E-state index in [2.05, 4.69) is 63.0 Å². The Morgan fingerprint density at radius 2 is 1.79 bits per heavy atom. The number of nitrogens with zero attached hydrogens (tertiary/aromatic N) is 2. The lowest BCUT2D eigenvalue weighted by Crippen LogP contribution is -2.52. The van der Waals surface area contributed by atoms with E-state index in [0.29, 0.717) is 11.8 Å². The number of rotatable bonds is 5. The molecule has 4 heteroatoms. The topological polar surface area (TPSA) is 35.6 Å². The van der Waals surface area contributed by atoms with Crippen molar-refractivity contribution < 1.29 is 4.79 Å². The van der Waals surface area contributed by atoms with Crippen molar-refractivity contribution in [2.75, 3.05) is 37.6 Å². The summed E-state index contributed by atoms with van der Waals surface area (Å²) in [6, 6.07) is 6.65. The zero-order valence-electron chi connectivity index (χ0n) is 15.9. The minimum Gasteiger partial charge on any atom is -0.368 e. The summed E-state index contributed by atoms with van der Waals surface area (Å²) >= 11 is 0. The molecule has 2 amide bonds. The number of carbonyl (C=O) groups excluding carboxylic acids is 1. The molecule has 24 heavy (non-hydrogen) atoms. The maximum atomic E-state index is 12.3. The quantitative estimate of drug-likeness (QED) is 0.885. The van der Waals surface area contributed by atoms with Gasteiger partial charge in [0.05, 0.1) is 0 Å². The first-order valence-electron chi connectivity index (χ1n) is 9.27. The number of nitrogens with one attached hydrogen (secondary N) is 1. The van der Waals surface area contributed by atoms with Crippen molar-refractivity contribution in [3.63, 3.8) is 0 Å². The Labute approximate surface area is 147 Å². The van der Waals surface area contributed by atoms with Gasteiger partial charge in [0.2, 0.25) is 0 Å². The Morgan fingerprint density at radius 1 is 1.12 bits per heavy atom. The third kappa shape index (κ3) is 4.65. The lowest BCUT2D eigenvalue weighted by Gasteiger charge is -2.38.